The van der Waals surface area contributed by atoms with Gasteiger partial charge in [-0.15, -0.1) is 0 Å². The van der Waals surface area contributed by atoms with Gasteiger partial charge in [0.25, 0.3) is 5.56 Å². The minimum absolute atomic E-state index is 0.547. The number of esters is 1. The molecule has 2 rings (SSSR count). The summed E-state index contributed by atoms with van der Waals surface area (Å²) >= 11 is 0. The monoisotopic (exact) mass is 286 g/mol. The zero-order valence-corrected chi connectivity index (χ0v) is 10.6. The van der Waals surface area contributed by atoms with Crippen LogP contribution >= 0.6 is 0 Å². The van der Waals surface area contributed by atoms with Gasteiger partial charge < -0.3 is 24.7 Å². The third kappa shape index (κ3) is 2.50. The summed E-state index contributed by atoms with van der Waals surface area (Å²) in [6.45, 7) is 0.572. The largest absolute Gasteiger partial charge is 0.455 e. The summed E-state index contributed by atoms with van der Waals surface area (Å²) in [5, 5.41) is 19.0. The number of aromatic nitrogens is 2. The normalized spacial score (nSPS) is 29.4. The van der Waals surface area contributed by atoms with Crippen molar-refractivity contribution in [3.63, 3.8) is 0 Å². The lowest BCUT2D eigenvalue weighted by Gasteiger charge is -2.20. The van der Waals surface area contributed by atoms with Crippen molar-refractivity contribution in [1.29, 1.82) is 0 Å². The van der Waals surface area contributed by atoms with E-state index in [0.29, 0.717) is 4.57 Å². The van der Waals surface area contributed by atoms with E-state index in [1.807, 2.05) is 0 Å². The number of aliphatic hydroxyl groups is 2. The molecule has 2 heterocycles. The van der Waals surface area contributed by atoms with E-state index >= 15 is 0 Å². The standard InChI is InChI=1S/C11H14N2O7/c1-5(15)19-9-8(17)6(4-14)20-10(9)13-7(16)2-3-12-11(13)18/h2-3,6,8-10,14,17H,4H2,1H3,(H,12,18)/t6-,8-,9+,10-/m1/s1. The van der Waals surface area contributed by atoms with E-state index in [0.717, 1.165) is 19.2 Å². The van der Waals surface area contributed by atoms with Gasteiger partial charge >= 0.3 is 11.7 Å². The average molecular weight is 286 g/mol. The predicted octanol–water partition coefficient (Wildman–Crippen LogP) is -2.28. The van der Waals surface area contributed by atoms with Crippen molar-refractivity contribution in [2.45, 2.75) is 31.5 Å². The van der Waals surface area contributed by atoms with Gasteiger partial charge in [-0.2, -0.15) is 0 Å². The van der Waals surface area contributed by atoms with Gasteiger partial charge in [0.2, 0.25) is 0 Å². The summed E-state index contributed by atoms with van der Waals surface area (Å²) in [5.41, 5.74) is -1.45. The second kappa shape index (κ2) is 5.57. The van der Waals surface area contributed by atoms with Crippen LogP contribution in [0.4, 0.5) is 0 Å². The molecule has 0 radical (unpaired) electrons. The number of nitrogens with one attached hydrogen (secondary N) is 1. The van der Waals surface area contributed by atoms with E-state index in [-0.39, 0.29) is 0 Å². The fraction of sp³-hybridized carbons (Fsp3) is 0.545. The molecule has 0 unspecified atom stereocenters. The highest BCUT2D eigenvalue weighted by Crippen LogP contribution is 2.30. The molecule has 9 heteroatoms. The van der Waals surface area contributed by atoms with Gasteiger partial charge in [-0.25, -0.2) is 9.36 Å². The highest BCUT2D eigenvalue weighted by molar-refractivity contribution is 5.66. The van der Waals surface area contributed by atoms with E-state index in [1.54, 1.807) is 0 Å². The number of aliphatic hydroxyl groups excluding tert-OH is 2. The zero-order chi connectivity index (χ0) is 14.9. The van der Waals surface area contributed by atoms with Gasteiger partial charge in [-0.3, -0.25) is 9.59 Å². The Balaban J connectivity index is 2.45. The molecule has 0 aromatic carbocycles. The molecule has 1 aromatic heterocycles. The van der Waals surface area contributed by atoms with Crippen LogP contribution < -0.4 is 11.2 Å². The van der Waals surface area contributed by atoms with Gasteiger partial charge in [-0.1, -0.05) is 0 Å². The number of aromatic amines is 1. The minimum Gasteiger partial charge on any atom is -0.455 e. The van der Waals surface area contributed by atoms with Crippen LogP contribution in [0, 0.1) is 0 Å². The maximum Gasteiger partial charge on any atom is 0.330 e. The van der Waals surface area contributed by atoms with E-state index in [2.05, 4.69) is 4.98 Å². The first kappa shape index (κ1) is 14.4. The number of ether oxygens (including phenoxy) is 2. The lowest BCUT2D eigenvalue weighted by atomic mass is 10.1. The van der Waals surface area contributed by atoms with E-state index in [9.17, 15) is 19.5 Å². The number of hydrogen-bond donors (Lipinski definition) is 3. The summed E-state index contributed by atoms with van der Waals surface area (Å²) in [4.78, 5) is 36.8. The number of hydrogen-bond acceptors (Lipinski definition) is 7. The second-order valence-corrected chi connectivity index (χ2v) is 4.30. The fourth-order valence-electron chi connectivity index (χ4n) is 2.07. The summed E-state index contributed by atoms with van der Waals surface area (Å²) < 4.78 is 10.8. The van der Waals surface area contributed by atoms with Crippen LogP contribution in [0.5, 0.6) is 0 Å². The molecule has 1 fully saturated rings. The minimum atomic E-state index is -1.35. The maximum atomic E-state index is 11.7. The van der Waals surface area contributed by atoms with Crippen molar-refractivity contribution >= 4 is 5.97 Å². The van der Waals surface area contributed by atoms with Gasteiger partial charge in [0.05, 0.1) is 6.61 Å². The van der Waals surface area contributed by atoms with Crippen molar-refractivity contribution in [1.82, 2.24) is 9.55 Å². The molecule has 0 bridgehead atoms. The molecule has 20 heavy (non-hydrogen) atoms. The molecule has 110 valence electrons. The van der Waals surface area contributed by atoms with Gasteiger partial charge in [0, 0.05) is 19.2 Å². The van der Waals surface area contributed by atoms with Crippen molar-refractivity contribution < 1.29 is 24.5 Å². The number of carbonyl (C=O) groups excluding carboxylic acids is 1. The summed E-state index contributed by atoms with van der Waals surface area (Å²) in [6, 6.07) is 1.09. The fourth-order valence-corrected chi connectivity index (χ4v) is 2.07. The molecule has 1 aliphatic heterocycles. The Morgan fingerprint density at radius 1 is 1.55 bits per heavy atom. The predicted molar refractivity (Wildman–Crippen MR) is 63.9 cm³/mol. The van der Waals surface area contributed by atoms with Crippen molar-refractivity contribution in [3.8, 4) is 0 Å². The van der Waals surface area contributed by atoms with E-state index in [4.69, 9.17) is 14.6 Å². The Bertz CT molecular complexity index is 579. The van der Waals surface area contributed by atoms with E-state index < -0.39 is 48.4 Å². The highest BCUT2D eigenvalue weighted by atomic mass is 16.6. The first-order chi connectivity index (χ1) is 9.45. The molecular formula is C11H14N2O7. The Labute approximate surface area is 112 Å². The molecule has 0 spiro atoms. The second-order valence-electron chi connectivity index (χ2n) is 4.30. The zero-order valence-electron chi connectivity index (χ0n) is 10.6. The van der Waals surface area contributed by atoms with Crippen LogP contribution in [0.2, 0.25) is 0 Å². The smallest absolute Gasteiger partial charge is 0.330 e. The molecule has 9 nitrogen and oxygen atoms in total. The maximum absolute atomic E-state index is 11.7. The van der Waals surface area contributed by atoms with Crippen molar-refractivity contribution in [2.24, 2.45) is 0 Å². The van der Waals surface area contributed by atoms with E-state index in [1.165, 1.54) is 0 Å². The summed E-state index contributed by atoms with van der Waals surface area (Å²) in [6.07, 6.45) is -3.80. The third-order valence-electron chi connectivity index (χ3n) is 2.94. The third-order valence-corrected chi connectivity index (χ3v) is 2.94. The molecule has 3 N–H and O–H groups in total. The molecule has 4 atom stereocenters. The molecule has 1 aromatic rings. The van der Waals surface area contributed by atoms with Crippen molar-refractivity contribution in [3.05, 3.63) is 33.1 Å². The Hall–Kier alpha value is -1.97. The van der Waals surface area contributed by atoms with Crippen molar-refractivity contribution in [2.75, 3.05) is 6.61 Å². The molecular weight excluding hydrogens is 272 g/mol. The van der Waals surface area contributed by atoms with Crippen LogP contribution in [-0.2, 0) is 14.3 Å². The number of carbonyl (C=O) groups is 1. The summed E-state index contributed by atoms with van der Waals surface area (Å²) in [5.74, 6) is -0.707. The lowest BCUT2D eigenvalue weighted by molar-refractivity contribution is -0.156. The van der Waals surface area contributed by atoms with Crippen LogP contribution in [0.25, 0.3) is 0 Å². The molecule has 0 aliphatic carbocycles. The van der Waals surface area contributed by atoms with Crippen LogP contribution in [0.1, 0.15) is 13.2 Å². The number of rotatable bonds is 3. The molecule has 0 saturated carbocycles. The lowest BCUT2D eigenvalue weighted by Crippen LogP contribution is -2.43. The van der Waals surface area contributed by atoms with Gasteiger partial charge in [0.15, 0.2) is 12.3 Å². The Kier molecular flexibility index (Phi) is 4.02. The van der Waals surface area contributed by atoms with Gasteiger partial charge in [-0.05, 0) is 0 Å². The van der Waals surface area contributed by atoms with Crippen LogP contribution in [0.3, 0.4) is 0 Å². The summed E-state index contributed by atoms with van der Waals surface area (Å²) in [7, 11) is 0. The number of H-pyrrole nitrogens is 1. The Morgan fingerprint density at radius 3 is 2.80 bits per heavy atom. The SMILES string of the molecule is CC(=O)O[C@H]1[C@H](O)[C@@H](CO)O[C@H]1n1c(=O)cc[nH]c1=O. The number of nitrogens with zero attached hydrogens (tertiary/aromatic N) is 1. The van der Waals surface area contributed by atoms with Crippen LogP contribution in [0.15, 0.2) is 21.9 Å². The molecule has 1 saturated heterocycles. The molecule has 1 aliphatic rings. The highest BCUT2D eigenvalue weighted by Gasteiger charge is 2.47. The first-order valence-electron chi connectivity index (χ1n) is 5.87. The quantitative estimate of drug-likeness (QED) is 0.533. The topological polar surface area (TPSA) is 131 Å². The average Bonchev–Trinajstić information content (AvgIpc) is 2.67. The van der Waals surface area contributed by atoms with Crippen LogP contribution in [-0.4, -0.2) is 50.7 Å². The Morgan fingerprint density at radius 2 is 2.25 bits per heavy atom. The molecule has 0 amide bonds. The van der Waals surface area contributed by atoms with Gasteiger partial charge in [0.1, 0.15) is 12.2 Å². The first-order valence-corrected chi connectivity index (χ1v) is 5.87.